The first-order valence-corrected chi connectivity index (χ1v) is 9.34. The Morgan fingerprint density at radius 3 is 2.93 bits per heavy atom. The zero-order chi connectivity index (χ0) is 18.8. The number of benzene rings is 1. The Hall–Kier alpha value is -2.67. The van der Waals surface area contributed by atoms with Gasteiger partial charge in [-0.2, -0.15) is 0 Å². The summed E-state index contributed by atoms with van der Waals surface area (Å²) in [7, 11) is 0. The molecule has 4 rings (SSSR count). The Bertz CT molecular complexity index is 920. The summed E-state index contributed by atoms with van der Waals surface area (Å²) in [5.74, 6) is -0.878. The van der Waals surface area contributed by atoms with Crippen LogP contribution in [0.2, 0.25) is 0 Å². The minimum Gasteiger partial charge on any atom is -0.452 e. The number of rotatable bonds is 3. The van der Waals surface area contributed by atoms with Gasteiger partial charge in [0.15, 0.2) is 6.61 Å². The lowest BCUT2D eigenvalue weighted by Crippen LogP contribution is -2.55. The number of aromatic nitrogens is 1. The molecule has 7 nitrogen and oxygen atoms in total. The number of para-hydroxylation sites is 1. The van der Waals surface area contributed by atoms with Gasteiger partial charge < -0.3 is 19.4 Å². The van der Waals surface area contributed by atoms with Crippen LogP contribution in [0.15, 0.2) is 35.1 Å². The molecule has 1 N–H and O–H groups in total. The third-order valence-corrected chi connectivity index (χ3v) is 5.35. The van der Waals surface area contributed by atoms with Crippen LogP contribution in [0.4, 0.5) is 0 Å². The summed E-state index contributed by atoms with van der Waals surface area (Å²) < 4.78 is 11.0. The summed E-state index contributed by atoms with van der Waals surface area (Å²) in [6.45, 7) is 0.703. The SMILES string of the molecule is O=C(OCC(=O)N1CCOC2CCCCC21)c1cc(=O)[nH]c2ccccc12. The highest BCUT2D eigenvalue weighted by Gasteiger charge is 2.36. The smallest absolute Gasteiger partial charge is 0.339 e. The molecule has 2 aromatic rings. The van der Waals surface area contributed by atoms with Gasteiger partial charge >= 0.3 is 5.97 Å². The Morgan fingerprint density at radius 1 is 1.22 bits per heavy atom. The van der Waals surface area contributed by atoms with Crippen LogP contribution >= 0.6 is 0 Å². The number of carbonyl (C=O) groups is 2. The Morgan fingerprint density at radius 2 is 2.04 bits per heavy atom. The first kappa shape index (κ1) is 17.7. The second kappa shape index (κ2) is 7.52. The molecule has 0 bridgehead atoms. The molecule has 2 aliphatic rings. The van der Waals surface area contributed by atoms with E-state index in [1.165, 1.54) is 6.07 Å². The number of aromatic amines is 1. The van der Waals surface area contributed by atoms with Crippen LogP contribution in [0, 0.1) is 0 Å². The maximum absolute atomic E-state index is 12.6. The van der Waals surface area contributed by atoms with E-state index >= 15 is 0 Å². The third-order valence-electron chi connectivity index (χ3n) is 5.35. The van der Waals surface area contributed by atoms with Gasteiger partial charge in [0.1, 0.15) is 0 Å². The molecule has 1 aliphatic heterocycles. The summed E-state index contributed by atoms with van der Waals surface area (Å²) in [4.78, 5) is 41.4. The molecule has 1 aromatic heterocycles. The molecule has 2 atom stereocenters. The number of amides is 1. The van der Waals surface area contributed by atoms with Crippen molar-refractivity contribution in [2.75, 3.05) is 19.8 Å². The Balaban J connectivity index is 1.46. The second-order valence-corrected chi connectivity index (χ2v) is 7.02. The number of morpholine rings is 1. The Kier molecular flexibility index (Phi) is 4.94. The number of ether oxygens (including phenoxy) is 2. The molecule has 27 heavy (non-hydrogen) atoms. The van der Waals surface area contributed by atoms with Crippen molar-refractivity contribution in [1.29, 1.82) is 0 Å². The first-order valence-electron chi connectivity index (χ1n) is 9.34. The summed E-state index contributed by atoms with van der Waals surface area (Å²) in [6, 6.07) is 8.28. The van der Waals surface area contributed by atoms with Gasteiger partial charge in [-0.3, -0.25) is 9.59 Å². The minimum atomic E-state index is -0.667. The van der Waals surface area contributed by atoms with Gasteiger partial charge in [-0.05, 0) is 18.9 Å². The summed E-state index contributed by atoms with van der Waals surface area (Å²) in [6.07, 6.45) is 4.17. The van der Waals surface area contributed by atoms with Crippen LogP contribution in [-0.4, -0.2) is 53.7 Å². The maximum Gasteiger partial charge on any atom is 0.339 e. The molecule has 1 aliphatic carbocycles. The van der Waals surface area contributed by atoms with Gasteiger partial charge in [-0.1, -0.05) is 31.0 Å². The van der Waals surface area contributed by atoms with Crippen LogP contribution in [-0.2, 0) is 14.3 Å². The van der Waals surface area contributed by atoms with Gasteiger partial charge in [0, 0.05) is 23.5 Å². The highest BCUT2D eigenvalue weighted by Crippen LogP contribution is 2.28. The average molecular weight is 370 g/mol. The number of fused-ring (bicyclic) bond motifs is 2. The van der Waals surface area contributed by atoms with Gasteiger partial charge in [0.05, 0.1) is 24.3 Å². The number of H-pyrrole nitrogens is 1. The lowest BCUT2D eigenvalue weighted by atomic mass is 9.90. The molecule has 142 valence electrons. The predicted molar refractivity (Wildman–Crippen MR) is 98.6 cm³/mol. The average Bonchev–Trinajstić information content (AvgIpc) is 2.70. The molecule has 0 radical (unpaired) electrons. The number of carbonyl (C=O) groups excluding carboxylic acids is 2. The number of hydrogen-bond acceptors (Lipinski definition) is 5. The predicted octanol–water partition coefficient (Wildman–Crippen LogP) is 1.85. The first-order chi connectivity index (χ1) is 13.1. The van der Waals surface area contributed by atoms with E-state index in [9.17, 15) is 14.4 Å². The van der Waals surface area contributed by atoms with Gasteiger partial charge in [0.25, 0.3) is 5.91 Å². The second-order valence-electron chi connectivity index (χ2n) is 7.02. The Labute approximate surface area is 156 Å². The zero-order valence-corrected chi connectivity index (χ0v) is 15.0. The summed E-state index contributed by atoms with van der Waals surface area (Å²) in [5.41, 5.74) is 0.339. The molecule has 1 saturated carbocycles. The molecule has 7 heteroatoms. The monoisotopic (exact) mass is 370 g/mol. The van der Waals surface area contributed by atoms with E-state index in [4.69, 9.17) is 9.47 Å². The number of pyridine rings is 1. The highest BCUT2D eigenvalue weighted by molar-refractivity contribution is 6.03. The molecule has 1 saturated heterocycles. The molecule has 1 amide bonds. The number of esters is 1. The number of nitrogens with one attached hydrogen (secondary N) is 1. The van der Waals surface area contributed by atoms with Crippen molar-refractivity contribution >= 4 is 22.8 Å². The van der Waals surface area contributed by atoms with E-state index in [-0.39, 0.29) is 35.8 Å². The van der Waals surface area contributed by atoms with Crippen LogP contribution in [0.5, 0.6) is 0 Å². The molecule has 2 fully saturated rings. The molecule has 2 unspecified atom stereocenters. The lowest BCUT2D eigenvalue weighted by Gasteiger charge is -2.43. The quantitative estimate of drug-likeness (QED) is 0.833. The molecule has 1 aromatic carbocycles. The van der Waals surface area contributed by atoms with E-state index in [1.54, 1.807) is 29.2 Å². The lowest BCUT2D eigenvalue weighted by molar-refractivity contribution is -0.152. The van der Waals surface area contributed by atoms with E-state index in [1.807, 2.05) is 0 Å². The summed E-state index contributed by atoms with van der Waals surface area (Å²) in [5, 5.41) is 0.591. The largest absolute Gasteiger partial charge is 0.452 e. The van der Waals surface area contributed by atoms with Crippen LogP contribution < -0.4 is 5.56 Å². The maximum atomic E-state index is 12.6. The van der Waals surface area contributed by atoms with Crippen molar-refractivity contribution in [2.45, 2.75) is 37.8 Å². The summed E-state index contributed by atoms with van der Waals surface area (Å²) >= 11 is 0. The van der Waals surface area contributed by atoms with Crippen molar-refractivity contribution in [3.63, 3.8) is 0 Å². The number of nitrogens with zero attached hydrogens (tertiary/aromatic N) is 1. The van der Waals surface area contributed by atoms with Gasteiger partial charge in [-0.15, -0.1) is 0 Å². The van der Waals surface area contributed by atoms with Crippen molar-refractivity contribution in [1.82, 2.24) is 9.88 Å². The highest BCUT2D eigenvalue weighted by atomic mass is 16.5. The van der Waals surface area contributed by atoms with E-state index in [0.717, 1.165) is 25.7 Å². The van der Waals surface area contributed by atoms with Crippen LogP contribution in [0.1, 0.15) is 36.0 Å². The third kappa shape index (κ3) is 3.60. The van der Waals surface area contributed by atoms with Gasteiger partial charge in [-0.25, -0.2) is 4.79 Å². The van der Waals surface area contributed by atoms with E-state index < -0.39 is 5.97 Å². The fourth-order valence-electron chi connectivity index (χ4n) is 4.07. The number of hydrogen-bond donors (Lipinski definition) is 1. The zero-order valence-electron chi connectivity index (χ0n) is 15.0. The molecular weight excluding hydrogens is 348 g/mol. The van der Waals surface area contributed by atoms with Crippen molar-refractivity contribution in [3.8, 4) is 0 Å². The minimum absolute atomic E-state index is 0.0686. The topological polar surface area (TPSA) is 88.7 Å². The fraction of sp³-hybridized carbons (Fsp3) is 0.450. The molecular formula is C20H22N2O5. The van der Waals surface area contributed by atoms with E-state index in [2.05, 4.69) is 4.98 Å². The van der Waals surface area contributed by atoms with Crippen molar-refractivity contribution in [2.24, 2.45) is 0 Å². The van der Waals surface area contributed by atoms with Crippen LogP contribution in [0.25, 0.3) is 10.9 Å². The fourth-order valence-corrected chi connectivity index (χ4v) is 4.07. The standard InChI is InChI=1S/C20H22N2O5/c23-18-11-14(13-5-1-2-6-15(13)21-18)20(25)27-12-19(24)22-9-10-26-17-8-4-3-7-16(17)22/h1-2,5-6,11,16-17H,3-4,7-10,12H2,(H,21,23). The van der Waals surface area contributed by atoms with Crippen molar-refractivity contribution in [3.05, 3.63) is 46.2 Å². The molecule has 2 heterocycles. The van der Waals surface area contributed by atoms with Gasteiger partial charge in [0.2, 0.25) is 5.56 Å². The van der Waals surface area contributed by atoms with Crippen LogP contribution in [0.3, 0.4) is 0 Å². The normalized spacial score (nSPS) is 22.3. The van der Waals surface area contributed by atoms with E-state index in [0.29, 0.717) is 24.1 Å². The van der Waals surface area contributed by atoms with Crippen molar-refractivity contribution < 1.29 is 19.1 Å². The molecule has 0 spiro atoms.